The maximum atomic E-state index is 11.8. The molecule has 0 aliphatic heterocycles. The van der Waals surface area contributed by atoms with Crippen molar-refractivity contribution in [3.63, 3.8) is 0 Å². The standard InChI is InChI=1S/C19H21N3O2/c1-14(2)15-7-9-17(10-8-15)24-12-11-21-19(23)22-18-6-4-3-5-16(18)13-20/h3-10,14H,11-12H2,1-2H3,(H2,21,22,23). The Morgan fingerprint density at radius 2 is 1.88 bits per heavy atom. The first-order valence-corrected chi connectivity index (χ1v) is 7.87. The normalized spacial score (nSPS) is 10.1. The Morgan fingerprint density at radius 1 is 1.17 bits per heavy atom. The molecule has 5 heteroatoms. The molecular formula is C19H21N3O2. The van der Waals surface area contributed by atoms with Gasteiger partial charge in [-0.2, -0.15) is 5.26 Å². The van der Waals surface area contributed by atoms with Crippen LogP contribution in [0.25, 0.3) is 0 Å². The molecule has 2 aromatic rings. The van der Waals surface area contributed by atoms with Crippen LogP contribution in [0.3, 0.4) is 0 Å². The Labute approximate surface area is 142 Å². The van der Waals surface area contributed by atoms with Gasteiger partial charge in [0.05, 0.1) is 17.8 Å². The molecule has 2 N–H and O–H groups in total. The number of nitriles is 1. The predicted molar refractivity (Wildman–Crippen MR) is 94.2 cm³/mol. The van der Waals surface area contributed by atoms with Crippen molar-refractivity contribution in [3.8, 4) is 11.8 Å². The maximum Gasteiger partial charge on any atom is 0.319 e. The van der Waals surface area contributed by atoms with Gasteiger partial charge in [-0.3, -0.25) is 0 Å². The van der Waals surface area contributed by atoms with Crippen molar-refractivity contribution in [2.75, 3.05) is 18.5 Å². The van der Waals surface area contributed by atoms with Crippen LogP contribution < -0.4 is 15.4 Å². The van der Waals surface area contributed by atoms with E-state index in [9.17, 15) is 4.79 Å². The van der Waals surface area contributed by atoms with Crippen LogP contribution in [0.5, 0.6) is 5.75 Å². The molecule has 0 bridgehead atoms. The molecule has 0 radical (unpaired) electrons. The zero-order valence-electron chi connectivity index (χ0n) is 13.9. The fraction of sp³-hybridized carbons (Fsp3) is 0.263. The molecular weight excluding hydrogens is 302 g/mol. The van der Waals surface area contributed by atoms with Crippen molar-refractivity contribution < 1.29 is 9.53 Å². The van der Waals surface area contributed by atoms with E-state index in [2.05, 4.69) is 24.5 Å². The third-order valence-electron chi connectivity index (χ3n) is 3.50. The Balaban J connectivity index is 1.74. The molecule has 0 unspecified atom stereocenters. The van der Waals surface area contributed by atoms with E-state index in [0.717, 1.165) is 5.75 Å². The number of benzene rings is 2. The molecule has 0 aliphatic carbocycles. The molecule has 0 aliphatic rings. The molecule has 2 amide bonds. The summed E-state index contributed by atoms with van der Waals surface area (Å²) in [4.78, 5) is 11.8. The maximum absolute atomic E-state index is 11.8. The number of carbonyl (C=O) groups is 1. The SMILES string of the molecule is CC(C)c1ccc(OCCNC(=O)Nc2ccccc2C#N)cc1. The molecule has 24 heavy (non-hydrogen) atoms. The second-order valence-corrected chi connectivity index (χ2v) is 5.61. The average Bonchev–Trinajstić information content (AvgIpc) is 2.59. The van der Waals surface area contributed by atoms with Crippen LogP contribution in [-0.4, -0.2) is 19.2 Å². The highest BCUT2D eigenvalue weighted by atomic mass is 16.5. The Kier molecular flexibility index (Phi) is 6.21. The van der Waals surface area contributed by atoms with Gasteiger partial charge in [-0.05, 0) is 35.7 Å². The predicted octanol–water partition coefficient (Wildman–Crippen LogP) is 3.88. The number of para-hydroxylation sites is 1. The lowest BCUT2D eigenvalue weighted by atomic mass is 10.0. The van der Waals surface area contributed by atoms with Crippen LogP contribution in [0.15, 0.2) is 48.5 Å². The summed E-state index contributed by atoms with van der Waals surface area (Å²) in [6.45, 7) is 5.02. The molecule has 2 rings (SSSR count). The zero-order valence-corrected chi connectivity index (χ0v) is 13.9. The van der Waals surface area contributed by atoms with Gasteiger partial charge in [-0.15, -0.1) is 0 Å². The van der Waals surface area contributed by atoms with Crippen LogP contribution in [0, 0.1) is 11.3 Å². The number of anilines is 1. The minimum Gasteiger partial charge on any atom is -0.492 e. The lowest BCUT2D eigenvalue weighted by Crippen LogP contribution is -2.32. The van der Waals surface area contributed by atoms with Crippen molar-refractivity contribution in [1.82, 2.24) is 5.32 Å². The number of ether oxygens (including phenoxy) is 1. The van der Waals surface area contributed by atoms with Crippen molar-refractivity contribution in [1.29, 1.82) is 5.26 Å². The van der Waals surface area contributed by atoms with E-state index in [0.29, 0.717) is 30.3 Å². The monoisotopic (exact) mass is 323 g/mol. The van der Waals surface area contributed by atoms with Gasteiger partial charge in [0.15, 0.2) is 0 Å². The van der Waals surface area contributed by atoms with Crippen LogP contribution in [0.4, 0.5) is 10.5 Å². The van der Waals surface area contributed by atoms with Crippen LogP contribution >= 0.6 is 0 Å². The van der Waals surface area contributed by atoms with Crippen molar-refractivity contribution in [3.05, 3.63) is 59.7 Å². The quantitative estimate of drug-likeness (QED) is 0.792. The fourth-order valence-corrected chi connectivity index (χ4v) is 2.14. The van der Waals surface area contributed by atoms with Gasteiger partial charge in [0.25, 0.3) is 0 Å². The molecule has 0 saturated carbocycles. The number of hydrogen-bond acceptors (Lipinski definition) is 3. The van der Waals surface area contributed by atoms with E-state index < -0.39 is 0 Å². The third kappa shape index (κ3) is 5.03. The number of urea groups is 1. The number of hydrogen-bond donors (Lipinski definition) is 2. The highest BCUT2D eigenvalue weighted by molar-refractivity contribution is 5.90. The summed E-state index contributed by atoms with van der Waals surface area (Å²) in [5, 5.41) is 14.3. The van der Waals surface area contributed by atoms with E-state index in [1.165, 1.54) is 5.56 Å². The Hall–Kier alpha value is -3.00. The van der Waals surface area contributed by atoms with Gasteiger partial charge in [-0.25, -0.2) is 4.79 Å². The molecule has 0 aromatic heterocycles. The van der Waals surface area contributed by atoms with E-state index in [4.69, 9.17) is 10.00 Å². The molecule has 0 heterocycles. The van der Waals surface area contributed by atoms with Gasteiger partial charge in [-0.1, -0.05) is 38.1 Å². The zero-order chi connectivity index (χ0) is 17.4. The van der Waals surface area contributed by atoms with Gasteiger partial charge in [0.2, 0.25) is 0 Å². The van der Waals surface area contributed by atoms with Crippen LogP contribution in [0.2, 0.25) is 0 Å². The van der Waals surface area contributed by atoms with Crippen LogP contribution in [-0.2, 0) is 0 Å². The van der Waals surface area contributed by atoms with Crippen molar-refractivity contribution in [2.45, 2.75) is 19.8 Å². The largest absolute Gasteiger partial charge is 0.492 e. The number of nitrogens with zero attached hydrogens (tertiary/aromatic N) is 1. The molecule has 124 valence electrons. The van der Waals surface area contributed by atoms with Gasteiger partial charge in [0, 0.05) is 0 Å². The Morgan fingerprint density at radius 3 is 2.54 bits per heavy atom. The molecule has 0 atom stereocenters. The van der Waals surface area contributed by atoms with E-state index in [1.54, 1.807) is 24.3 Å². The highest BCUT2D eigenvalue weighted by Crippen LogP contribution is 2.18. The first-order valence-electron chi connectivity index (χ1n) is 7.87. The molecule has 0 saturated heterocycles. The fourth-order valence-electron chi connectivity index (χ4n) is 2.14. The first kappa shape index (κ1) is 17.4. The smallest absolute Gasteiger partial charge is 0.319 e. The molecule has 0 fully saturated rings. The summed E-state index contributed by atoms with van der Waals surface area (Å²) in [5.74, 6) is 1.26. The number of nitrogens with one attached hydrogen (secondary N) is 2. The Bertz CT molecular complexity index is 718. The van der Waals surface area contributed by atoms with Crippen LogP contribution in [0.1, 0.15) is 30.9 Å². The van der Waals surface area contributed by atoms with Gasteiger partial charge < -0.3 is 15.4 Å². The number of rotatable bonds is 6. The highest BCUT2D eigenvalue weighted by Gasteiger charge is 2.05. The first-order chi connectivity index (χ1) is 11.6. The lowest BCUT2D eigenvalue weighted by molar-refractivity contribution is 0.247. The minimum atomic E-state index is -0.364. The van der Waals surface area contributed by atoms with Gasteiger partial charge >= 0.3 is 6.03 Å². The molecule has 5 nitrogen and oxygen atoms in total. The summed E-state index contributed by atoms with van der Waals surface area (Å²) in [6.07, 6.45) is 0. The molecule has 2 aromatic carbocycles. The van der Waals surface area contributed by atoms with Gasteiger partial charge in [0.1, 0.15) is 18.4 Å². The average molecular weight is 323 g/mol. The minimum absolute atomic E-state index is 0.364. The van der Waals surface area contributed by atoms with Crippen molar-refractivity contribution in [2.24, 2.45) is 0 Å². The summed E-state index contributed by atoms with van der Waals surface area (Å²) < 4.78 is 5.59. The summed E-state index contributed by atoms with van der Waals surface area (Å²) >= 11 is 0. The summed E-state index contributed by atoms with van der Waals surface area (Å²) in [7, 11) is 0. The number of carbonyl (C=O) groups excluding carboxylic acids is 1. The summed E-state index contributed by atoms with van der Waals surface area (Å²) in [6, 6.07) is 16.5. The summed E-state index contributed by atoms with van der Waals surface area (Å²) in [5.41, 5.74) is 2.17. The van der Waals surface area contributed by atoms with E-state index >= 15 is 0 Å². The second kappa shape index (κ2) is 8.59. The van der Waals surface area contributed by atoms with E-state index in [-0.39, 0.29) is 6.03 Å². The number of amides is 2. The lowest BCUT2D eigenvalue weighted by Gasteiger charge is -2.11. The third-order valence-corrected chi connectivity index (χ3v) is 3.50. The topological polar surface area (TPSA) is 74.2 Å². The van der Waals surface area contributed by atoms with Crippen molar-refractivity contribution >= 4 is 11.7 Å². The van der Waals surface area contributed by atoms with E-state index in [1.807, 2.05) is 30.3 Å². The second-order valence-electron chi connectivity index (χ2n) is 5.61. The molecule has 0 spiro atoms.